The standard InChI is InChI=1S/C15H20/c1-5-13-9-14-7-6-10(2)12(4)15(14)8-11(13)3/h6-8,13H,5,9H2,1-4H3/t13-/m0/s1. The first-order valence-corrected chi connectivity index (χ1v) is 5.90. The van der Waals surface area contributed by atoms with Gasteiger partial charge in [-0.2, -0.15) is 0 Å². The number of allylic oxidation sites excluding steroid dienone is 1. The molecular weight excluding hydrogens is 180 g/mol. The second-order valence-electron chi connectivity index (χ2n) is 4.78. The quantitative estimate of drug-likeness (QED) is 0.634. The van der Waals surface area contributed by atoms with Gasteiger partial charge in [-0.1, -0.05) is 30.7 Å². The lowest BCUT2D eigenvalue weighted by molar-refractivity contribution is 0.584. The van der Waals surface area contributed by atoms with Crippen LogP contribution < -0.4 is 0 Å². The summed E-state index contributed by atoms with van der Waals surface area (Å²) in [4.78, 5) is 0. The Morgan fingerprint density at radius 2 is 1.93 bits per heavy atom. The van der Waals surface area contributed by atoms with Crippen LogP contribution in [0.25, 0.3) is 6.08 Å². The Morgan fingerprint density at radius 1 is 1.20 bits per heavy atom. The van der Waals surface area contributed by atoms with Gasteiger partial charge in [0, 0.05) is 0 Å². The molecule has 15 heavy (non-hydrogen) atoms. The summed E-state index contributed by atoms with van der Waals surface area (Å²) >= 11 is 0. The molecule has 0 fully saturated rings. The van der Waals surface area contributed by atoms with Gasteiger partial charge in [-0.25, -0.2) is 0 Å². The molecule has 1 aliphatic carbocycles. The van der Waals surface area contributed by atoms with E-state index in [-0.39, 0.29) is 0 Å². The lowest BCUT2D eigenvalue weighted by Gasteiger charge is -2.24. The lowest BCUT2D eigenvalue weighted by Crippen LogP contribution is -2.11. The first-order valence-electron chi connectivity index (χ1n) is 5.90. The Morgan fingerprint density at radius 3 is 2.60 bits per heavy atom. The molecule has 2 rings (SSSR count). The molecule has 1 aromatic rings. The summed E-state index contributed by atoms with van der Waals surface area (Å²) in [7, 11) is 0. The van der Waals surface area contributed by atoms with Crippen LogP contribution >= 0.6 is 0 Å². The average molecular weight is 200 g/mol. The molecule has 0 aromatic heterocycles. The number of hydrogen-bond acceptors (Lipinski definition) is 0. The highest BCUT2D eigenvalue weighted by atomic mass is 14.2. The third kappa shape index (κ3) is 1.73. The maximum absolute atomic E-state index is 2.40. The van der Waals surface area contributed by atoms with E-state index in [1.54, 1.807) is 5.57 Å². The molecule has 0 saturated carbocycles. The summed E-state index contributed by atoms with van der Waals surface area (Å²) in [5.41, 5.74) is 7.45. The number of aryl methyl sites for hydroxylation is 1. The minimum Gasteiger partial charge on any atom is -0.0693 e. The van der Waals surface area contributed by atoms with Crippen molar-refractivity contribution in [2.24, 2.45) is 5.92 Å². The maximum atomic E-state index is 2.40. The molecule has 0 heterocycles. The first-order chi connectivity index (χ1) is 7.13. The molecule has 0 nitrogen and oxygen atoms in total. The maximum Gasteiger partial charge on any atom is -0.0165 e. The Labute approximate surface area is 93.0 Å². The molecule has 0 radical (unpaired) electrons. The Kier molecular flexibility index (Phi) is 2.68. The summed E-state index contributed by atoms with van der Waals surface area (Å²) in [5, 5.41) is 0. The van der Waals surface area contributed by atoms with Crippen molar-refractivity contribution >= 4 is 6.08 Å². The van der Waals surface area contributed by atoms with Gasteiger partial charge in [-0.15, -0.1) is 0 Å². The van der Waals surface area contributed by atoms with Gasteiger partial charge in [0.05, 0.1) is 0 Å². The minimum atomic E-state index is 0.764. The van der Waals surface area contributed by atoms with Crippen molar-refractivity contribution in [2.45, 2.75) is 40.5 Å². The third-order valence-corrected chi connectivity index (χ3v) is 3.85. The minimum absolute atomic E-state index is 0.764. The van der Waals surface area contributed by atoms with Crippen LogP contribution in [0.15, 0.2) is 17.7 Å². The summed E-state index contributed by atoms with van der Waals surface area (Å²) < 4.78 is 0. The van der Waals surface area contributed by atoms with Gasteiger partial charge in [0.15, 0.2) is 0 Å². The third-order valence-electron chi connectivity index (χ3n) is 3.85. The normalized spacial score (nSPS) is 19.7. The van der Waals surface area contributed by atoms with E-state index in [1.165, 1.54) is 35.1 Å². The fraction of sp³-hybridized carbons (Fsp3) is 0.467. The lowest BCUT2D eigenvalue weighted by atomic mass is 9.80. The van der Waals surface area contributed by atoms with Crippen LogP contribution in [0, 0.1) is 19.8 Å². The van der Waals surface area contributed by atoms with Gasteiger partial charge in [0.25, 0.3) is 0 Å². The van der Waals surface area contributed by atoms with Gasteiger partial charge >= 0.3 is 0 Å². The second kappa shape index (κ2) is 3.84. The van der Waals surface area contributed by atoms with Gasteiger partial charge in [0.2, 0.25) is 0 Å². The molecule has 0 unspecified atom stereocenters. The predicted octanol–water partition coefficient (Wildman–Crippen LogP) is 4.29. The van der Waals surface area contributed by atoms with E-state index in [0.717, 1.165) is 5.92 Å². The van der Waals surface area contributed by atoms with Crippen molar-refractivity contribution in [2.75, 3.05) is 0 Å². The van der Waals surface area contributed by atoms with E-state index >= 15 is 0 Å². The molecular formula is C15H20. The molecule has 0 aliphatic heterocycles. The van der Waals surface area contributed by atoms with Crippen LogP contribution in [0.1, 0.15) is 42.5 Å². The van der Waals surface area contributed by atoms with Crippen LogP contribution in [0.2, 0.25) is 0 Å². The van der Waals surface area contributed by atoms with Crippen molar-refractivity contribution in [3.8, 4) is 0 Å². The monoisotopic (exact) mass is 200 g/mol. The summed E-state index contributed by atoms with van der Waals surface area (Å²) in [5.74, 6) is 0.764. The van der Waals surface area contributed by atoms with Crippen LogP contribution in [-0.4, -0.2) is 0 Å². The largest absolute Gasteiger partial charge is 0.0693 e. The average Bonchev–Trinajstić information content (AvgIpc) is 2.24. The highest BCUT2D eigenvalue weighted by Crippen LogP contribution is 2.32. The zero-order valence-corrected chi connectivity index (χ0v) is 10.2. The molecule has 0 heteroatoms. The Bertz CT molecular complexity index is 410. The highest BCUT2D eigenvalue weighted by molar-refractivity contribution is 5.64. The van der Waals surface area contributed by atoms with Gasteiger partial charge < -0.3 is 0 Å². The van der Waals surface area contributed by atoms with Gasteiger partial charge in [-0.3, -0.25) is 0 Å². The van der Waals surface area contributed by atoms with Crippen molar-refractivity contribution in [1.82, 2.24) is 0 Å². The van der Waals surface area contributed by atoms with E-state index in [2.05, 4.69) is 45.9 Å². The molecule has 0 amide bonds. The first kappa shape index (κ1) is 10.5. The van der Waals surface area contributed by atoms with Gasteiger partial charge in [0.1, 0.15) is 0 Å². The molecule has 1 atom stereocenters. The predicted molar refractivity (Wildman–Crippen MR) is 67.1 cm³/mol. The molecule has 1 aliphatic rings. The van der Waals surface area contributed by atoms with Crippen LogP contribution in [-0.2, 0) is 6.42 Å². The second-order valence-corrected chi connectivity index (χ2v) is 4.78. The molecule has 0 bridgehead atoms. The zero-order chi connectivity index (χ0) is 11.0. The fourth-order valence-corrected chi connectivity index (χ4v) is 2.51. The van der Waals surface area contributed by atoms with E-state index in [1.807, 2.05) is 0 Å². The summed E-state index contributed by atoms with van der Waals surface area (Å²) in [6.07, 6.45) is 4.89. The topological polar surface area (TPSA) is 0 Å². The number of benzene rings is 1. The van der Waals surface area contributed by atoms with Crippen LogP contribution in [0.4, 0.5) is 0 Å². The van der Waals surface area contributed by atoms with Crippen LogP contribution in [0.5, 0.6) is 0 Å². The van der Waals surface area contributed by atoms with E-state index in [9.17, 15) is 0 Å². The van der Waals surface area contributed by atoms with Crippen molar-refractivity contribution in [3.63, 3.8) is 0 Å². The van der Waals surface area contributed by atoms with Crippen molar-refractivity contribution in [1.29, 1.82) is 0 Å². The van der Waals surface area contributed by atoms with Crippen LogP contribution in [0.3, 0.4) is 0 Å². The van der Waals surface area contributed by atoms with E-state index in [4.69, 9.17) is 0 Å². The highest BCUT2D eigenvalue weighted by Gasteiger charge is 2.18. The number of fused-ring (bicyclic) bond motifs is 1. The number of rotatable bonds is 1. The van der Waals surface area contributed by atoms with E-state index < -0.39 is 0 Å². The fourth-order valence-electron chi connectivity index (χ4n) is 2.51. The zero-order valence-electron chi connectivity index (χ0n) is 10.2. The molecule has 0 spiro atoms. The van der Waals surface area contributed by atoms with Crippen molar-refractivity contribution in [3.05, 3.63) is 40.0 Å². The Hall–Kier alpha value is -1.04. The smallest absolute Gasteiger partial charge is 0.0165 e. The Balaban J connectivity index is 2.52. The summed E-state index contributed by atoms with van der Waals surface area (Å²) in [6.45, 7) is 9.00. The molecule has 0 N–H and O–H groups in total. The summed E-state index contributed by atoms with van der Waals surface area (Å²) in [6, 6.07) is 4.57. The number of hydrogen-bond donors (Lipinski definition) is 0. The van der Waals surface area contributed by atoms with Crippen molar-refractivity contribution < 1.29 is 0 Å². The molecule has 80 valence electrons. The SMILES string of the molecule is CC[C@H]1Cc2ccc(C)c(C)c2C=C1C. The van der Waals surface area contributed by atoms with Gasteiger partial charge in [-0.05, 0) is 61.8 Å². The molecule has 0 saturated heterocycles. The van der Waals surface area contributed by atoms with E-state index in [0.29, 0.717) is 0 Å². The molecule has 1 aromatic carbocycles.